The van der Waals surface area contributed by atoms with E-state index in [9.17, 15) is 4.79 Å². The quantitative estimate of drug-likeness (QED) is 0.800. The van der Waals surface area contributed by atoms with E-state index in [1.165, 1.54) is 0 Å². The summed E-state index contributed by atoms with van der Waals surface area (Å²) >= 11 is 0. The van der Waals surface area contributed by atoms with Crippen LogP contribution in [0.4, 0.5) is 0 Å². The Hall–Kier alpha value is -1.86. The number of carboxylic acid groups (broad SMARTS) is 1. The van der Waals surface area contributed by atoms with Crippen LogP contribution in [0, 0.1) is 25.2 Å². The van der Waals surface area contributed by atoms with Crippen molar-refractivity contribution >= 4 is 5.97 Å². The first kappa shape index (κ1) is 12.2. The lowest BCUT2D eigenvalue weighted by atomic mass is 9.91. The lowest BCUT2D eigenvalue weighted by Gasteiger charge is -2.14. The monoisotopic (exact) mass is 218 g/mol. The molecule has 4 heteroatoms. The highest BCUT2D eigenvalue weighted by atomic mass is 16.4. The molecule has 16 heavy (non-hydrogen) atoms. The normalized spacial score (nSPS) is 11.9. The zero-order valence-corrected chi connectivity index (χ0v) is 9.32. The summed E-state index contributed by atoms with van der Waals surface area (Å²) in [5.41, 5.74) is 8.27. The molecule has 0 spiro atoms. The SMILES string of the molecule is Cc1cc(C)c(C(CN)C(=O)O)cc1C#N. The Labute approximate surface area is 94.3 Å². The number of aliphatic carboxylic acids is 1. The Bertz CT molecular complexity index is 461. The number of nitriles is 1. The van der Waals surface area contributed by atoms with Crippen LogP contribution in [0.1, 0.15) is 28.2 Å². The summed E-state index contributed by atoms with van der Waals surface area (Å²) in [5.74, 6) is -1.70. The molecule has 0 aliphatic carbocycles. The predicted molar refractivity (Wildman–Crippen MR) is 60.1 cm³/mol. The van der Waals surface area contributed by atoms with E-state index in [-0.39, 0.29) is 6.54 Å². The summed E-state index contributed by atoms with van der Waals surface area (Å²) in [6, 6.07) is 5.49. The molecule has 1 unspecified atom stereocenters. The number of carbonyl (C=O) groups is 1. The summed E-state index contributed by atoms with van der Waals surface area (Å²) in [6.45, 7) is 3.69. The molecule has 0 aliphatic heterocycles. The van der Waals surface area contributed by atoms with Crippen molar-refractivity contribution in [2.24, 2.45) is 5.73 Å². The molecule has 1 aromatic carbocycles. The number of nitrogens with two attached hydrogens (primary N) is 1. The van der Waals surface area contributed by atoms with Crippen molar-refractivity contribution in [1.29, 1.82) is 5.26 Å². The van der Waals surface area contributed by atoms with Crippen LogP contribution in [-0.2, 0) is 4.79 Å². The summed E-state index contributed by atoms with van der Waals surface area (Å²) in [7, 11) is 0. The van der Waals surface area contributed by atoms with Crippen LogP contribution in [0.15, 0.2) is 12.1 Å². The molecule has 0 aromatic heterocycles. The van der Waals surface area contributed by atoms with E-state index >= 15 is 0 Å². The average Bonchev–Trinajstić information content (AvgIpc) is 2.21. The maximum atomic E-state index is 11.0. The van der Waals surface area contributed by atoms with E-state index in [0.717, 1.165) is 11.1 Å². The first-order valence-electron chi connectivity index (χ1n) is 4.95. The minimum absolute atomic E-state index is 0.0318. The van der Waals surface area contributed by atoms with Crippen LogP contribution < -0.4 is 5.73 Å². The number of benzene rings is 1. The maximum absolute atomic E-state index is 11.0. The fourth-order valence-electron chi connectivity index (χ4n) is 1.73. The average molecular weight is 218 g/mol. The van der Waals surface area contributed by atoms with Crippen molar-refractivity contribution < 1.29 is 9.90 Å². The summed E-state index contributed by atoms with van der Waals surface area (Å²) in [5, 5.41) is 17.9. The first-order valence-corrected chi connectivity index (χ1v) is 4.95. The molecule has 1 atom stereocenters. The third-order valence-corrected chi connectivity index (χ3v) is 2.64. The van der Waals surface area contributed by atoms with Gasteiger partial charge in [0.15, 0.2) is 0 Å². The van der Waals surface area contributed by atoms with Gasteiger partial charge in [-0.2, -0.15) is 5.26 Å². The molecule has 0 heterocycles. The molecular formula is C12H14N2O2. The molecular weight excluding hydrogens is 204 g/mol. The molecule has 0 radical (unpaired) electrons. The number of rotatable bonds is 3. The molecule has 1 aromatic rings. The largest absolute Gasteiger partial charge is 0.481 e. The van der Waals surface area contributed by atoms with E-state index in [1.54, 1.807) is 6.07 Å². The standard InChI is InChI=1S/C12H14N2O2/c1-7-3-8(2)10(4-9(7)5-13)11(6-14)12(15)16/h3-4,11H,6,14H2,1-2H3,(H,15,16). The van der Waals surface area contributed by atoms with E-state index in [1.807, 2.05) is 26.0 Å². The zero-order chi connectivity index (χ0) is 12.3. The second kappa shape index (κ2) is 4.77. The lowest BCUT2D eigenvalue weighted by Crippen LogP contribution is -2.22. The van der Waals surface area contributed by atoms with Crippen molar-refractivity contribution in [1.82, 2.24) is 0 Å². The summed E-state index contributed by atoms with van der Waals surface area (Å²) in [6.07, 6.45) is 0. The minimum atomic E-state index is -0.960. The second-order valence-electron chi connectivity index (χ2n) is 3.76. The summed E-state index contributed by atoms with van der Waals surface area (Å²) < 4.78 is 0. The van der Waals surface area contributed by atoms with Crippen LogP contribution in [-0.4, -0.2) is 17.6 Å². The molecule has 0 fully saturated rings. The summed E-state index contributed by atoms with van der Waals surface area (Å²) in [4.78, 5) is 11.0. The molecule has 3 N–H and O–H groups in total. The van der Waals surface area contributed by atoms with Gasteiger partial charge in [0.25, 0.3) is 0 Å². The van der Waals surface area contributed by atoms with Gasteiger partial charge < -0.3 is 10.8 Å². The number of hydrogen-bond acceptors (Lipinski definition) is 3. The van der Waals surface area contributed by atoms with Gasteiger partial charge in [0.2, 0.25) is 0 Å². The van der Waals surface area contributed by atoms with Crippen LogP contribution >= 0.6 is 0 Å². The van der Waals surface area contributed by atoms with Gasteiger partial charge >= 0.3 is 5.97 Å². The van der Waals surface area contributed by atoms with Gasteiger partial charge in [-0.25, -0.2) is 0 Å². The fraction of sp³-hybridized carbons (Fsp3) is 0.333. The van der Waals surface area contributed by atoms with Crippen molar-refractivity contribution in [3.8, 4) is 6.07 Å². The smallest absolute Gasteiger partial charge is 0.312 e. The van der Waals surface area contributed by atoms with Crippen molar-refractivity contribution in [3.63, 3.8) is 0 Å². The van der Waals surface area contributed by atoms with Crippen molar-refractivity contribution in [2.75, 3.05) is 6.54 Å². The van der Waals surface area contributed by atoms with Gasteiger partial charge in [-0.05, 0) is 36.6 Å². The van der Waals surface area contributed by atoms with Gasteiger partial charge in [-0.3, -0.25) is 4.79 Å². The third-order valence-electron chi connectivity index (χ3n) is 2.64. The van der Waals surface area contributed by atoms with E-state index in [2.05, 4.69) is 0 Å². The fourth-order valence-corrected chi connectivity index (χ4v) is 1.73. The highest BCUT2D eigenvalue weighted by molar-refractivity contribution is 5.77. The Morgan fingerprint density at radius 3 is 2.56 bits per heavy atom. The minimum Gasteiger partial charge on any atom is -0.481 e. The van der Waals surface area contributed by atoms with Crippen molar-refractivity contribution in [2.45, 2.75) is 19.8 Å². The Morgan fingerprint density at radius 1 is 1.50 bits per heavy atom. The highest BCUT2D eigenvalue weighted by Gasteiger charge is 2.20. The number of carboxylic acids is 1. The predicted octanol–water partition coefficient (Wildman–Crippen LogP) is 1.30. The van der Waals surface area contributed by atoms with E-state index in [0.29, 0.717) is 11.1 Å². The Kier molecular flexibility index (Phi) is 3.64. The van der Waals surface area contributed by atoms with Crippen LogP contribution in [0.2, 0.25) is 0 Å². The molecule has 0 bridgehead atoms. The molecule has 0 saturated carbocycles. The van der Waals surface area contributed by atoms with Gasteiger partial charge in [0.05, 0.1) is 17.6 Å². The molecule has 84 valence electrons. The van der Waals surface area contributed by atoms with Crippen LogP contribution in [0.25, 0.3) is 0 Å². The Morgan fingerprint density at radius 2 is 2.12 bits per heavy atom. The molecule has 0 saturated heterocycles. The second-order valence-corrected chi connectivity index (χ2v) is 3.76. The maximum Gasteiger partial charge on any atom is 0.312 e. The molecule has 4 nitrogen and oxygen atoms in total. The number of hydrogen-bond donors (Lipinski definition) is 2. The third kappa shape index (κ3) is 2.20. The first-order chi connectivity index (χ1) is 7.51. The highest BCUT2D eigenvalue weighted by Crippen LogP contribution is 2.23. The van der Waals surface area contributed by atoms with Gasteiger partial charge in [0, 0.05) is 6.54 Å². The van der Waals surface area contributed by atoms with E-state index in [4.69, 9.17) is 16.1 Å². The zero-order valence-electron chi connectivity index (χ0n) is 9.32. The topological polar surface area (TPSA) is 87.1 Å². The van der Waals surface area contributed by atoms with Crippen molar-refractivity contribution in [3.05, 3.63) is 34.4 Å². The van der Waals surface area contributed by atoms with E-state index < -0.39 is 11.9 Å². The van der Waals surface area contributed by atoms with Crippen LogP contribution in [0.3, 0.4) is 0 Å². The van der Waals surface area contributed by atoms with Gasteiger partial charge in [-0.15, -0.1) is 0 Å². The lowest BCUT2D eigenvalue weighted by molar-refractivity contribution is -0.138. The van der Waals surface area contributed by atoms with Gasteiger partial charge in [-0.1, -0.05) is 6.07 Å². The molecule has 0 aliphatic rings. The molecule has 0 amide bonds. The molecule has 1 rings (SSSR count). The van der Waals surface area contributed by atoms with Crippen LogP contribution in [0.5, 0.6) is 0 Å². The number of nitrogens with zero attached hydrogens (tertiary/aromatic N) is 1. The Balaban J connectivity index is 3.34. The van der Waals surface area contributed by atoms with Gasteiger partial charge in [0.1, 0.15) is 0 Å². The number of aryl methyl sites for hydroxylation is 2.